The fraction of sp³-hybridized carbons (Fsp3) is 0. The van der Waals surface area contributed by atoms with E-state index in [0.717, 1.165) is 11.1 Å². The largest absolute Gasteiger partial charge is 0.457 e. The maximum Gasteiger partial charge on any atom is 0.347 e. The van der Waals surface area contributed by atoms with Gasteiger partial charge in [0.1, 0.15) is 11.5 Å². The molecule has 116 valence electrons. The molecule has 0 saturated carbocycles. The van der Waals surface area contributed by atoms with Gasteiger partial charge in [0, 0.05) is 5.56 Å². The quantitative estimate of drug-likeness (QED) is 0.529. The average Bonchev–Trinajstić information content (AvgIpc) is 2.90. The van der Waals surface area contributed by atoms with Crippen molar-refractivity contribution in [3.8, 4) is 22.6 Å². The lowest BCUT2D eigenvalue weighted by molar-refractivity contribution is 0.0443. The van der Waals surface area contributed by atoms with Crippen LogP contribution in [0.2, 0.25) is 0 Å². The van der Waals surface area contributed by atoms with E-state index in [2.05, 4.69) is 4.74 Å². The van der Waals surface area contributed by atoms with Crippen molar-refractivity contribution in [2.45, 2.75) is 0 Å². The minimum Gasteiger partial charge on any atom is -0.457 e. The standard InChI is InChI=1S/C20H12O4/c21-19-16-11-10-14(12-17(16)20(22)24-19)23-18-9-5-4-8-15(18)13-6-2-1-3-7-13/h1-12H. The zero-order valence-electron chi connectivity index (χ0n) is 12.6. The van der Waals surface area contributed by atoms with Crippen molar-refractivity contribution in [1.82, 2.24) is 0 Å². The van der Waals surface area contributed by atoms with Crippen LogP contribution in [0.5, 0.6) is 11.5 Å². The summed E-state index contributed by atoms with van der Waals surface area (Å²) in [6.45, 7) is 0. The molecule has 3 aromatic rings. The van der Waals surface area contributed by atoms with Crippen LogP contribution >= 0.6 is 0 Å². The summed E-state index contributed by atoms with van der Waals surface area (Å²) in [5.41, 5.74) is 2.47. The second-order valence-electron chi connectivity index (χ2n) is 5.35. The van der Waals surface area contributed by atoms with Gasteiger partial charge in [-0.15, -0.1) is 0 Å². The minimum atomic E-state index is -0.642. The topological polar surface area (TPSA) is 52.6 Å². The average molecular weight is 316 g/mol. The first-order chi connectivity index (χ1) is 11.7. The van der Waals surface area contributed by atoms with Crippen LogP contribution < -0.4 is 4.74 Å². The Hall–Kier alpha value is -3.40. The van der Waals surface area contributed by atoms with Crippen molar-refractivity contribution in [2.75, 3.05) is 0 Å². The van der Waals surface area contributed by atoms with E-state index >= 15 is 0 Å². The first-order valence-corrected chi connectivity index (χ1v) is 7.45. The Morgan fingerprint density at radius 2 is 1.38 bits per heavy atom. The summed E-state index contributed by atoms with van der Waals surface area (Å²) in [6, 6.07) is 22.3. The van der Waals surface area contributed by atoms with Gasteiger partial charge in [-0.25, -0.2) is 9.59 Å². The third kappa shape index (κ3) is 2.44. The first kappa shape index (κ1) is 14.2. The number of cyclic esters (lactones) is 2. The molecule has 0 bridgehead atoms. The van der Waals surface area contributed by atoms with Crippen LogP contribution in [0.15, 0.2) is 72.8 Å². The molecular formula is C20H12O4. The molecule has 0 spiro atoms. The number of fused-ring (bicyclic) bond motifs is 1. The Balaban J connectivity index is 1.72. The Bertz CT molecular complexity index is 945. The number of hydrogen-bond donors (Lipinski definition) is 0. The molecule has 1 aliphatic rings. The molecule has 0 fully saturated rings. The van der Waals surface area contributed by atoms with E-state index in [1.54, 1.807) is 12.1 Å². The lowest BCUT2D eigenvalue weighted by Crippen LogP contribution is -1.96. The van der Waals surface area contributed by atoms with Crippen LogP contribution in [0.1, 0.15) is 20.7 Å². The highest BCUT2D eigenvalue weighted by molar-refractivity contribution is 6.14. The van der Waals surface area contributed by atoms with Crippen LogP contribution in [0.25, 0.3) is 11.1 Å². The second-order valence-corrected chi connectivity index (χ2v) is 5.35. The van der Waals surface area contributed by atoms with Gasteiger partial charge in [0.25, 0.3) is 0 Å². The molecule has 4 nitrogen and oxygen atoms in total. The molecule has 0 aromatic heterocycles. The van der Waals surface area contributed by atoms with Gasteiger partial charge < -0.3 is 9.47 Å². The minimum absolute atomic E-state index is 0.231. The summed E-state index contributed by atoms with van der Waals surface area (Å²) in [5.74, 6) is -0.117. The van der Waals surface area contributed by atoms with Crippen molar-refractivity contribution >= 4 is 11.9 Å². The Morgan fingerprint density at radius 1 is 0.667 bits per heavy atom. The number of para-hydroxylation sites is 1. The molecule has 1 aliphatic heterocycles. The SMILES string of the molecule is O=C1OC(=O)c2cc(Oc3ccccc3-c3ccccc3)ccc21. The summed E-state index contributed by atoms with van der Waals surface area (Å²) >= 11 is 0. The van der Waals surface area contributed by atoms with Crippen molar-refractivity contribution in [2.24, 2.45) is 0 Å². The van der Waals surface area contributed by atoms with E-state index < -0.39 is 11.9 Å². The summed E-state index contributed by atoms with van der Waals surface area (Å²) in [4.78, 5) is 23.2. The highest BCUT2D eigenvalue weighted by atomic mass is 16.6. The summed E-state index contributed by atoms with van der Waals surface area (Å²) in [7, 11) is 0. The fourth-order valence-electron chi connectivity index (χ4n) is 2.67. The zero-order chi connectivity index (χ0) is 16.5. The van der Waals surface area contributed by atoms with Gasteiger partial charge in [-0.1, -0.05) is 48.5 Å². The predicted molar refractivity (Wildman–Crippen MR) is 88.1 cm³/mol. The molecule has 0 aliphatic carbocycles. The molecule has 3 aromatic carbocycles. The van der Waals surface area contributed by atoms with Crippen LogP contribution in [0, 0.1) is 0 Å². The number of carbonyl (C=O) groups is 2. The number of hydrogen-bond acceptors (Lipinski definition) is 4. The van der Waals surface area contributed by atoms with Crippen molar-refractivity contribution in [3.63, 3.8) is 0 Å². The second kappa shape index (κ2) is 5.66. The number of ether oxygens (including phenoxy) is 2. The van der Waals surface area contributed by atoms with Gasteiger partial charge in [-0.2, -0.15) is 0 Å². The molecule has 0 unspecified atom stereocenters. The number of carbonyl (C=O) groups excluding carboxylic acids is 2. The molecule has 0 saturated heterocycles. The van der Waals surface area contributed by atoms with Crippen LogP contribution in [0.4, 0.5) is 0 Å². The van der Waals surface area contributed by atoms with E-state index in [4.69, 9.17) is 4.74 Å². The fourth-order valence-corrected chi connectivity index (χ4v) is 2.67. The van der Waals surface area contributed by atoms with Gasteiger partial charge in [0.05, 0.1) is 11.1 Å². The summed E-state index contributed by atoms with van der Waals surface area (Å²) < 4.78 is 10.6. The highest BCUT2D eigenvalue weighted by Gasteiger charge is 2.30. The highest BCUT2D eigenvalue weighted by Crippen LogP contribution is 2.34. The lowest BCUT2D eigenvalue weighted by atomic mass is 10.0. The third-order valence-corrected chi connectivity index (χ3v) is 3.82. The first-order valence-electron chi connectivity index (χ1n) is 7.45. The lowest BCUT2D eigenvalue weighted by Gasteiger charge is -2.11. The van der Waals surface area contributed by atoms with Gasteiger partial charge in [0.15, 0.2) is 0 Å². The van der Waals surface area contributed by atoms with E-state index in [1.807, 2.05) is 54.6 Å². The van der Waals surface area contributed by atoms with E-state index in [0.29, 0.717) is 11.5 Å². The summed E-state index contributed by atoms with van der Waals surface area (Å²) in [5, 5.41) is 0. The molecule has 0 radical (unpaired) electrons. The van der Waals surface area contributed by atoms with E-state index in [9.17, 15) is 9.59 Å². The van der Waals surface area contributed by atoms with Gasteiger partial charge in [-0.05, 0) is 29.8 Å². The van der Waals surface area contributed by atoms with Gasteiger partial charge in [0.2, 0.25) is 0 Å². The van der Waals surface area contributed by atoms with Crippen molar-refractivity contribution in [1.29, 1.82) is 0 Å². The normalized spacial score (nSPS) is 12.7. The number of benzene rings is 3. The Kier molecular flexibility index (Phi) is 3.35. The van der Waals surface area contributed by atoms with Gasteiger partial charge in [-0.3, -0.25) is 0 Å². The van der Waals surface area contributed by atoms with Crippen LogP contribution in [-0.4, -0.2) is 11.9 Å². The van der Waals surface area contributed by atoms with Gasteiger partial charge >= 0.3 is 11.9 Å². The Morgan fingerprint density at radius 3 is 2.21 bits per heavy atom. The molecular weight excluding hydrogens is 304 g/mol. The maximum atomic E-state index is 11.7. The summed E-state index contributed by atoms with van der Waals surface area (Å²) in [6.07, 6.45) is 0. The zero-order valence-corrected chi connectivity index (χ0v) is 12.6. The molecule has 0 amide bonds. The molecule has 4 heteroatoms. The van der Waals surface area contributed by atoms with Crippen molar-refractivity contribution in [3.05, 3.63) is 83.9 Å². The monoisotopic (exact) mass is 316 g/mol. The van der Waals surface area contributed by atoms with E-state index in [-0.39, 0.29) is 11.1 Å². The maximum absolute atomic E-state index is 11.7. The molecule has 4 rings (SSSR count). The predicted octanol–water partition coefficient (Wildman–Crippen LogP) is 4.46. The number of rotatable bonds is 3. The van der Waals surface area contributed by atoms with Crippen molar-refractivity contribution < 1.29 is 19.1 Å². The Labute approximate surface area is 138 Å². The van der Waals surface area contributed by atoms with Crippen LogP contribution in [-0.2, 0) is 4.74 Å². The smallest absolute Gasteiger partial charge is 0.347 e. The molecule has 0 atom stereocenters. The van der Waals surface area contributed by atoms with E-state index in [1.165, 1.54) is 6.07 Å². The third-order valence-electron chi connectivity index (χ3n) is 3.82. The molecule has 24 heavy (non-hydrogen) atoms. The molecule has 0 N–H and O–H groups in total. The van der Waals surface area contributed by atoms with Crippen LogP contribution in [0.3, 0.4) is 0 Å². The number of esters is 2. The molecule has 1 heterocycles.